The van der Waals surface area contributed by atoms with Crippen LogP contribution < -0.4 is 5.32 Å². The van der Waals surface area contributed by atoms with Crippen LogP contribution in [0, 0.1) is 0 Å². The summed E-state index contributed by atoms with van der Waals surface area (Å²) in [5.41, 5.74) is 3.48. The fourth-order valence-electron chi connectivity index (χ4n) is 1.91. The maximum atomic E-state index is 4.56. The quantitative estimate of drug-likeness (QED) is 0.889. The zero-order valence-corrected chi connectivity index (χ0v) is 10.6. The second-order valence-corrected chi connectivity index (χ2v) is 4.73. The first kappa shape index (κ1) is 11.2. The van der Waals surface area contributed by atoms with Crippen molar-refractivity contribution in [1.29, 1.82) is 0 Å². The minimum Gasteiger partial charge on any atom is -0.351 e. The molecule has 1 heterocycles. The van der Waals surface area contributed by atoms with Gasteiger partial charge in [0.25, 0.3) is 0 Å². The first-order valence-electron chi connectivity index (χ1n) is 6.54. The van der Waals surface area contributed by atoms with Gasteiger partial charge in [0, 0.05) is 17.8 Å². The Morgan fingerprint density at radius 1 is 1.17 bits per heavy atom. The topological polar surface area (TPSA) is 37.8 Å². The van der Waals surface area contributed by atoms with Gasteiger partial charge in [0.2, 0.25) is 5.95 Å². The molecule has 2 aromatic rings. The molecule has 1 aliphatic carbocycles. The van der Waals surface area contributed by atoms with Gasteiger partial charge in [-0.1, -0.05) is 31.2 Å². The zero-order chi connectivity index (χ0) is 12.4. The Morgan fingerprint density at radius 2 is 1.94 bits per heavy atom. The zero-order valence-electron chi connectivity index (χ0n) is 10.6. The van der Waals surface area contributed by atoms with E-state index >= 15 is 0 Å². The summed E-state index contributed by atoms with van der Waals surface area (Å²) in [7, 11) is 0. The molecule has 0 saturated heterocycles. The van der Waals surface area contributed by atoms with E-state index in [1.165, 1.54) is 18.4 Å². The van der Waals surface area contributed by atoms with Gasteiger partial charge < -0.3 is 5.32 Å². The van der Waals surface area contributed by atoms with E-state index in [-0.39, 0.29) is 0 Å². The molecule has 1 aromatic carbocycles. The molecule has 1 aromatic heterocycles. The molecular weight excluding hydrogens is 222 g/mol. The Morgan fingerprint density at radius 3 is 2.61 bits per heavy atom. The number of benzene rings is 1. The van der Waals surface area contributed by atoms with Gasteiger partial charge in [-0.25, -0.2) is 9.97 Å². The highest BCUT2D eigenvalue weighted by atomic mass is 15.1. The number of rotatable bonds is 4. The third-order valence-electron chi connectivity index (χ3n) is 3.22. The van der Waals surface area contributed by atoms with Crippen molar-refractivity contribution >= 4 is 5.95 Å². The largest absolute Gasteiger partial charge is 0.351 e. The third kappa shape index (κ3) is 2.50. The number of aryl methyl sites for hydroxylation is 1. The average molecular weight is 239 g/mol. The Bertz CT molecular complexity index is 530. The maximum Gasteiger partial charge on any atom is 0.223 e. The molecule has 92 valence electrons. The molecule has 0 radical (unpaired) electrons. The first-order chi connectivity index (χ1) is 8.85. The molecule has 0 atom stereocenters. The second kappa shape index (κ2) is 4.77. The number of aromatic nitrogens is 2. The average Bonchev–Trinajstić information content (AvgIpc) is 3.23. The van der Waals surface area contributed by atoms with Gasteiger partial charge in [0.1, 0.15) is 0 Å². The Balaban J connectivity index is 1.84. The number of hydrogen-bond donors (Lipinski definition) is 1. The van der Waals surface area contributed by atoms with Crippen LogP contribution >= 0.6 is 0 Å². The molecule has 0 unspecified atom stereocenters. The summed E-state index contributed by atoms with van der Waals surface area (Å²) in [6, 6.07) is 11.1. The standard InChI is InChI=1S/C15H17N3/c1-2-11-3-5-12(6-4-11)14-9-10-16-15(18-14)17-13-7-8-13/h3-6,9-10,13H,2,7-8H2,1H3,(H,16,17,18). The molecule has 1 fully saturated rings. The van der Waals surface area contributed by atoms with Crippen LogP contribution in [0.5, 0.6) is 0 Å². The van der Waals surface area contributed by atoms with Crippen molar-refractivity contribution in [3.8, 4) is 11.3 Å². The SMILES string of the molecule is CCc1ccc(-c2ccnc(NC3CC3)n2)cc1. The molecule has 0 aliphatic heterocycles. The highest BCUT2D eigenvalue weighted by molar-refractivity contribution is 5.60. The lowest BCUT2D eigenvalue weighted by Crippen LogP contribution is -2.05. The van der Waals surface area contributed by atoms with Gasteiger partial charge in [-0.2, -0.15) is 0 Å². The van der Waals surface area contributed by atoms with Gasteiger partial charge in [0.05, 0.1) is 5.69 Å². The fourth-order valence-corrected chi connectivity index (χ4v) is 1.91. The number of anilines is 1. The van der Waals surface area contributed by atoms with Gasteiger partial charge in [0.15, 0.2) is 0 Å². The fraction of sp³-hybridized carbons (Fsp3) is 0.333. The predicted molar refractivity (Wildman–Crippen MR) is 73.5 cm³/mol. The molecule has 3 nitrogen and oxygen atoms in total. The predicted octanol–water partition coefficient (Wildman–Crippen LogP) is 3.28. The van der Waals surface area contributed by atoms with Crippen LogP contribution in [0.1, 0.15) is 25.3 Å². The van der Waals surface area contributed by atoms with Crippen LogP contribution in [-0.2, 0) is 6.42 Å². The summed E-state index contributed by atoms with van der Waals surface area (Å²) in [5.74, 6) is 0.745. The Kier molecular flexibility index (Phi) is 2.97. The van der Waals surface area contributed by atoms with Crippen molar-refractivity contribution in [2.45, 2.75) is 32.2 Å². The lowest BCUT2D eigenvalue weighted by Gasteiger charge is -2.06. The summed E-state index contributed by atoms with van der Waals surface area (Å²) >= 11 is 0. The van der Waals surface area contributed by atoms with Crippen molar-refractivity contribution in [3.63, 3.8) is 0 Å². The van der Waals surface area contributed by atoms with Crippen molar-refractivity contribution in [2.75, 3.05) is 5.32 Å². The van der Waals surface area contributed by atoms with Crippen molar-refractivity contribution in [2.24, 2.45) is 0 Å². The van der Waals surface area contributed by atoms with Crippen LogP contribution in [0.3, 0.4) is 0 Å². The second-order valence-electron chi connectivity index (χ2n) is 4.73. The highest BCUT2D eigenvalue weighted by Gasteiger charge is 2.21. The minimum absolute atomic E-state index is 0.586. The van der Waals surface area contributed by atoms with Gasteiger partial charge in [-0.3, -0.25) is 0 Å². The summed E-state index contributed by atoms with van der Waals surface area (Å²) in [6.45, 7) is 2.16. The lowest BCUT2D eigenvalue weighted by atomic mass is 10.1. The number of nitrogens with zero attached hydrogens (tertiary/aromatic N) is 2. The maximum absolute atomic E-state index is 4.56. The van der Waals surface area contributed by atoms with Crippen LogP contribution in [0.25, 0.3) is 11.3 Å². The van der Waals surface area contributed by atoms with Gasteiger partial charge >= 0.3 is 0 Å². The first-order valence-corrected chi connectivity index (χ1v) is 6.54. The van der Waals surface area contributed by atoms with E-state index in [9.17, 15) is 0 Å². The molecule has 0 amide bonds. The normalized spacial score (nSPS) is 14.5. The Labute approximate surface area is 107 Å². The molecule has 1 aliphatic rings. The van der Waals surface area contributed by atoms with Crippen molar-refractivity contribution in [3.05, 3.63) is 42.1 Å². The van der Waals surface area contributed by atoms with Crippen molar-refractivity contribution < 1.29 is 0 Å². The summed E-state index contributed by atoms with van der Waals surface area (Å²) in [5, 5.41) is 3.33. The van der Waals surface area contributed by atoms with E-state index in [4.69, 9.17) is 0 Å². The summed E-state index contributed by atoms with van der Waals surface area (Å²) < 4.78 is 0. The van der Waals surface area contributed by atoms with Crippen LogP contribution in [0.15, 0.2) is 36.5 Å². The van der Waals surface area contributed by atoms with E-state index in [1.807, 2.05) is 12.3 Å². The Hall–Kier alpha value is -1.90. The monoisotopic (exact) mass is 239 g/mol. The van der Waals surface area contributed by atoms with Crippen molar-refractivity contribution in [1.82, 2.24) is 9.97 Å². The molecule has 0 spiro atoms. The molecule has 18 heavy (non-hydrogen) atoms. The molecule has 3 rings (SSSR count). The summed E-state index contributed by atoms with van der Waals surface area (Å²) in [6.07, 6.45) is 5.36. The van der Waals surface area contributed by atoms with E-state index in [0.29, 0.717) is 6.04 Å². The smallest absolute Gasteiger partial charge is 0.223 e. The minimum atomic E-state index is 0.586. The molecule has 1 N–H and O–H groups in total. The third-order valence-corrected chi connectivity index (χ3v) is 3.22. The van der Waals surface area contributed by atoms with E-state index in [2.05, 4.69) is 46.5 Å². The van der Waals surface area contributed by atoms with E-state index < -0.39 is 0 Å². The summed E-state index contributed by atoms with van der Waals surface area (Å²) in [4.78, 5) is 8.81. The van der Waals surface area contributed by atoms with Gasteiger partial charge in [-0.15, -0.1) is 0 Å². The molecule has 0 bridgehead atoms. The van der Waals surface area contributed by atoms with E-state index in [0.717, 1.165) is 23.6 Å². The molecule has 3 heteroatoms. The molecule has 1 saturated carbocycles. The number of hydrogen-bond acceptors (Lipinski definition) is 3. The van der Waals surface area contributed by atoms with E-state index in [1.54, 1.807) is 0 Å². The lowest BCUT2D eigenvalue weighted by molar-refractivity contribution is 1.06. The highest BCUT2D eigenvalue weighted by Crippen LogP contribution is 2.24. The molecular formula is C15H17N3. The van der Waals surface area contributed by atoms with Crippen LogP contribution in [0.4, 0.5) is 5.95 Å². The van der Waals surface area contributed by atoms with Crippen LogP contribution in [0.2, 0.25) is 0 Å². The number of nitrogens with one attached hydrogen (secondary N) is 1. The van der Waals surface area contributed by atoms with Gasteiger partial charge in [-0.05, 0) is 30.9 Å². The van der Waals surface area contributed by atoms with Crippen LogP contribution in [-0.4, -0.2) is 16.0 Å².